The zero-order chi connectivity index (χ0) is 17.7. The minimum atomic E-state index is -1.20. The molecule has 2 atom stereocenters. The number of ether oxygens (including phenoxy) is 4. The molecular formula is C18H22O6. The molecule has 0 bridgehead atoms. The van der Waals surface area contributed by atoms with Crippen LogP contribution in [0.4, 0.5) is 0 Å². The molecule has 6 nitrogen and oxygen atoms in total. The van der Waals surface area contributed by atoms with Gasteiger partial charge in [0.25, 0.3) is 0 Å². The summed E-state index contributed by atoms with van der Waals surface area (Å²) >= 11 is 0. The maximum atomic E-state index is 10.6. The summed E-state index contributed by atoms with van der Waals surface area (Å²) in [5.41, 5.74) is 0.896. The second kappa shape index (κ2) is 7.90. The van der Waals surface area contributed by atoms with Crippen LogP contribution in [0.15, 0.2) is 36.4 Å². The van der Waals surface area contributed by atoms with Crippen LogP contribution in [0, 0.1) is 0 Å². The first kappa shape index (κ1) is 17.9. The highest BCUT2D eigenvalue weighted by molar-refractivity contribution is 5.46. The van der Waals surface area contributed by atoms with Gasteiger partial charge in [-0.15, -0.1) is 0 Å². The van der Waals surface area contributed by atoms with Gasteiger partial charge in [0.15, 0.2) is 0 Å². The van der Waals surface area contributed by atoms with Crippen molar-refractivity contribution in [3.8, 4) is 23.0 Å². The van der Waals surface area contributed by atoms with Crippen LogP contribution >= 0.6 is 0 Å². The molecule has 0 aliphatic heterocycles. The van der Waals surface area contributed by atoms with Gasteiger partial charge in [0.2, 0.25) is 0 Å². The topological polar surface area (TPSA) is 77.4 Å². The molecule has 0 amide bonds. The van der Waals surface area contributed by atoms with E-state index in [-0.39, 0.29) is 0 Å². The summed E-state index contributed by atoms with van der Waals surface area (Å²) in [7, 11) is 6.07. The molecule has 0 aliphatic rings. The Morgan fingerprint density at radius 1 is 0.625 bits per heavy atom. The lowest BCUT2D eigenvalue weighted by atomic mass is 9.96. The Morgan fingerprint density at radius 2 is 1.00 bits per heavy atom. The first-order valence-electron chi connectivity index (χ1n) is 7.35. The maximum Gasteiger partial charge on any atom is 0.128 e. The third kappa shape index (κ3) is 3.55. The SMILES string of the molecule is COc1ccc(C(O)C(O)c2ccc(OC)cc2OC)c(OC)c1. The lowest BCUT2D eigenvalue weighted by molar-refractivity contribution is 0.0144. The Labute approximate surface area is 141 Å². The molecule has 0 radical (unpaired) electrons. The van der Waals surface area contributed by atoms with Crippen molar-refractivity contribution in [3.05, 3.63) is 47.5 Å². The molecule has 2 unspecified atom stereocenters. The summed E-state index contributed by atoms with van der Waals surface area (Å²) in [6.45, 7) is 0. The van der Waals surface area contributed by atoms with Gasteiger partial charge in [0, 0.05) is 23.3 Å². The van der Waals surface area contributed by atoms with Gasteiger partial charge in [-0.2, -0.15) is 0 Å². The number of hydrogen-bond donors (Lipinski definition) is 2. The summed E-state index contributed by atoms with van der Waals surface area (Å²) < 4.78 is 20.9. The van der Waals surface area contributed by atoms with Crippen LogP contribution in [-0.4, -0.2) is 38.7 Å². The van der Waals surface area contributed by atoms with E-state index in [9.17, 15) is 10.2 Å². The Hall–Kier alpha value is -2.44. The molecule has 2 rings (SSSR count). The van der Waals surface area contributed by atoms with Crippen LogP contribution in [0.25, 0.3) is 0 Å². The Bertz CT molecular complexity index is 626. The minimum absolute atomic E-state index is 0.424. The third-order valence-corrected chi connectivity index (χ3v) is 3.82. The van der Waals surface area contributed by atoms with Crippen LogP contribution in [0.3, 0.4) is 0 Å². The van der Waals surface area contributed by atoms with Gasteiger partial charge < -0.3 is 29.2 Å². The average molecular weight is 334 g/mol. The lowest BCUT2D eigenvalue weighted by Gasteiger charge is -2.22. The highest BCUT2D eigenvalue weighted by atomic mass is 16.5. The lowest BCUT2D eigenvalue weighted by Crippen LogP contribution is -2.12. The number of hydrogen-bond acceptors (Lipinski definition) is 6. The zero-order valence-electron chi connectivity index (χ0n) is 14.1. The molecule has 6 heteroatoms. The van der Waals surface area contributed by atoms with Crippen molar-refractivity contribution in [2.24, 2.45) is 0 Å². The number of aliphatic hydroxyl groups excluding tert-OH is 2. The quantitative estimate of drug-likeness (QED) is 0.810. The molecule has 0 aromatic heterocycles. The van der Waals surface area contributed by atoms with E-state index in [2.05, 4.69) is 0 Å². The summed E-state index contributed by atoms with van der Waals surface area (Å²) in [5.74, 6) is 2.04. The van der Waals surface area contributed by atoms with Crippen molar-refractivity contribution in [2.45, 2.75) is 12.2 Å². The predicted octanol–water partition coefficient (Wildman–Crippen LogP) is 2.49. The van der Waals surface area contributed by atoms with E-state index in [0.717, 1.165) is 0 Å². The molecule has 0 fully saturated rings. The van der Waals surface area contributed by atoms with Crippen LogP contribution in [0.5, 0.6) is 23.0 Å². The Morgan fingerprint density at radius 3 is 1.29 bits per heavy atom. The van der Waals surface area contributed by atoms with Crippen molar-refractivity contribution in [1.82, 2.24) is 0 Å². The summed E-state index contributed by atoms with van der Waals surface area (Å²) in [6, 6.07) is 9.99. The van der Waals surface area contributed by atoms with E-state index in [1.165, 1.54) is 14.2 Å². The number of methoxy groups -OCH3 is 4. The fourth-order valence-corrected chi connectivity index (χ4v) is 2.47. The van der Waals surface area contributed by atoms with E-state index in [0.29, 0.717) is 34.1 Å². The molecule has 0 saturated carbocycles. The van der Waals surface area contributed by atoms with Crippen molar-refractivity contribution in [1.29, 1.82) is 0 Å². The number of benzene rings is 2. The van der Waals surface area contributed by atoms with Crippen molar-refractivity contribution in [3.63, 3.8) is 0 Å². The molecule has 0 spiro atoms. The van der Waals surface area contributed by atoms with E-state index in [4.69, 9.17) is 18.9 Å². The number of aliphatic hydroxyl groups is 2. The molecule has 0 saturated heterocycles. The second-order valence-corrected chi connectivity index (χ2v) is 5.11. The molecule has 2 N–H and O–H groups in total. The van der Waals surface area contributed by atoms with Gasteiger partial charge in [-0.1, -0.05) is 0 Å². The van der Waals surface area contributed by atoms with E-state index >= 15 is 0 Å². The molecular weight excluding hydrogens is 312 g/mol. The van der Waals surface area contributed by atoms with Gasteiger partial charge in [-0.3, -0.25) is 0 Å². The highest BCUT2D eigenvalue weighted by Gasteiger charge is 2.26. The fraction of sp³-hybridized carbons (Fsp3) is 0.333. The van der Waals surface area contributed by atoms with Crippen LogP contribution in [-0.2, 0) is 0 Å². The smallest absolute Gasteiger partial charge is 0.128 e. The van der Waals surface area contributed by atoms with Gasteiger partial charge in [0.05, 0.1) is 28.4 Å². The molecule has 0 heterocycles. The minimum Gasteiger partial charge on any atom is -0.497 e. The summed E-state index contributed by atoms with van der Waals surface area (Å²) in [4.78, 5) is 0. The maximum absolute atomic E-state index is 10.6. The van der Waals surface area contributed by atoms with Gasteiger partial charge >= 0.3 is 0 Å². The first-order chi connectivity index (χ1) is 11.5. The van der Waals surface area contributed by atoms with Crippen LogP contribution in [0.2, 0.25) is 0 Å². The molecule has 130 valence electrons. The third-order valence-electron chi connectivity index (χ3n) is 3.82. The molecule has 2 aromatic carbocycles. The summed E-state index contributed by atoms with van der Waals surface area (Å²) in [5, 5.41) is 21.2. The summed E-state index contributed by atoms with van der Waals surface area (Å²) in [6.07, 6.45) is -2.40. The largest absolute Gasteiger partial charge is 0.497 e. The monoisotopic (exact) mass is 334 g/mol. The van der Waals surface area contributed by atoms with Crippen molar-refractivity contribution in [2.75, 3.05) is 28.4 Å². The van der Waals surface area contributed by atoms with Crippen LogP contribution in [0.1, 0.15) is 23.3 Å². The second-order valence-electron chi connectivity index (χ2n) is 5.11. The fourth-order valence-electron chi connectivity index (χ4n) is 2.47. The van der Waals surface area contributed by atoms with E-state index in [1.54, 1.807) is 50.6 Å². The van der Waals surface area contributed by atoms with Gasteiger partial charge in [-0.05, 0) is 24.3 Å². The Balaban J connectivity index is 2.37. The zero-order valence-corrected chi connectivity index (χ0v) is 14.1. The molecule has 2 aromatic rings. The normalized spacial score (nSPS) is 13.1. The predicted molar refractivity (Wildman–Crippen MR) is 89.0 cm³/mol. The average Bonchev–Trinajstić information content (AvgIpc) is 2.65. The van der Waals surface area contributed by atoms with Gasteiger partial charge in [-0.25, -0.2) is 0 Å². The van der Waals surface area contributed by atoms with E-state index < -0.39 is 12.2 Å². The standard InChI is InChI=1S/C18H22O6/c1-21-11-5-7-13(15(9-11)23-3)17(19)18(20)14-8-6-12(22-2)10-16(14)24-4/h5-10,17-20H,1-4H3. The van der Waals surface area contributed by atoms with Crippen LogP contribution < -0.4 is 18.9 Å². The van der Waals surface area contributed by atoms with E-state index in [1.807, 2.05) is 0 Å². The number of rotatable bonds is 7. The highest BCUT2D eigenvalue weighted by Crippen LogP contribution is 2.39. The van der Waals surface area contributed by atoms with Gasteiger partial charge in [0.1, 0.15) is 35.2 Å². The molecule has 0 aliphatic carbocycles. The van der Waals surface area contributed by atoms with Crippen molar-refractivity contribution >= 4 is 0 Å². The molecule has 24 heavy (non-hydrogen) atoms. The van der Waals surface area contributed by atoms with Crippen molar-refractivity contribution < 1.29 is 29.2 Å². The Kier molecular flexibility index (Phi) is 5.89. The first-order valence-corrected chi connectivity index (χ1v) is 7.35.